The molecule has 0 aliphatic heterocycles. The Bertz CT molecular complexity index is 489. The van der Waals surface area contributed by atoms with Gasteiger partial charge in [0.25, 0.3) is 5.69 Å². The fourth-order valence-electron chi connectivity index (χ4n) is 1.33. The van der Waals surface area contributed by atoms with Crippen molar-refractivity contribution in [3.05, 3.63) is 26.3 Å². The van der Waals surface area contributed by atoms with Crippen LogP contribution in [0.4, 0.5) is 11.5 Å². The number of halogens is 1. The molecule has 0 atom stereocenters. The normalized spacial score (nSPS) is 11.7. The van der Waals surface area contributed by atoms with Crippen LogP contribution in [0.15, 0.2) is 10.7 Å². The quantitative estimate of drug-likeness (QED) is 0.664. The molecule has 1 aromatic heterocycles. The molecule has 0 unspecified atom stereocenters. The standard InChI is InChI=1S/C12H19BrN4O2/c1-8-9(17(18)19)6-14-11(10(8)13)15-7-12(2,3)16(4)5/h6H,7H2,1-5H3,(H,14,15). The molecule has 1 heterocycles. The van der Waals surface area contributed by atoms with Crippen molar-refractivity contribution in [2.75, 3.05) is 26.0 Å². The lowest BCUT2D eigenvalue weighted by Gasteiger charge is -2.33. The van der Waals surface area contributed by atoms with Gasteiger partial charge in [0.15, 0.2) is 0 Å². The molecule has 19 heavy (non-hydrogen) atoms. The smallest absolute Gasteiger partial charge is 0.291 e. The van der Waals surface area contributed by atoms with Gasteiger partial charge in [0, 0.05) is 17.6 Å². The van der Waals surface area contributed by atoms with E-state index in [0.29, 0.717) is 22.4 Å². The molecule has 7 heteroatoms. The maximum Gasteiger partial charge on any atom is 0.291 e. The molecule has 106 valence electrons. The van der Waals surface area contributed by atoms with Gasteiger partial charge in [-0.3, -0.25) is 10.1 Å². The molecule has 0 aliphatic carbocycles. The SMILES string of the molecule is Cc1c([N+](=O)[O-])cnc(NCC(C)(C)N(C)C)c1Br. The molecular weight excluding hydrogens is 312 g/mol. The number of rotatable bonds is 5. The van der Waals surface area contributed by atoms with Crippen LogP contribution in [-0.4, -0.2) is 41.0 Å². The van der Waals surface area contributed by atoms with E-state index in [9.17, 15) is 10.1 Å². The van der Waals surface area contributed by atoms with Gasteiger partial charge < -0.3 is 10.2 Å². The van der Waals surface area contributed by atoms with Gasteiger partial charge in [-0.25, -0.2) is 4.98 Å². The number of hydrogen-bond acceptors (Lipinski definition) is 5. The molecule has 0 aliphatic rings. The Balaban J connectivity index is 2.93. The third kappa shape index (κ3) is 3.63. The molecule has 6 nitrogen and oxygen atoms in total. The molecular formula is C12H19BrN4O2. The molecule has 1 N–H and O–H groups in total. The minimum absolute atomic E-state index is 0.0179. The topological polar surface area (TPSA) is 71.3 Å². The zero-order chi connectivity index (χ0) is 14.8. The first kappa shape index (κ1) is 15.8. The third-order valence-electron chi connectivity index (χ3n) is 3.33. The van der Waals surface area contributed by atoms with Crippen LogP contribution in [0.2, 0.25) is 0 Å². The highest BCUT2D eigenvalue weighted by molar-refractivity contribution is 9.10. The van der Waals surface area contributed by atoms with Gasteiger partial charge in [0.1, 0.15) is 12.0 Å². The fraction of sp³-hybridized carbons (Fsp3) is 0.583. The van der Waals surface area contributed by atoms with E-state index in [0.717, 1.165) is 0 Å². The van der Waals surface area contributed by atoms with Gasteiger partial charge >= 0.3 is 0 Å². The molecule has 1 rings (SSSR count). The highest BCUT2D eigenvalue weighted by Crippen LogP contribution is 2.30. The van der Waals surface area contributed by atoms with Crippen molar-refractivity contribution in [2.24, 2.45) is 0 Å². The van der Waals surface area contributed by atoms with Crippen molar-refractivity contribution in [1.82, 2.24) is 9.88 Å². The van der Waals surface area contributed by atoms with Crippen LogP contribution >= 0.6 is 15.9 Å². The van der Waals surface area contributed by atoms with Gasteiger partial charge in [-0.15, -0.1) is 0 Å². The summed E-state index contributed by atoms with van der Waals surface area (Å²) in [6.45, 7) is 6.59. The lowest BCUT2D eigenvalue weighted by molar-refractivity contribution is -0.385. The number of nitrogens with one attached hydrogen (secondary N) is 1. The molecule has 1 aromatic rings. The Morgan fingerprint density at radius 2 is 2.11 bits per heavy atom. The zero-order valence-corrected chi connectivity index (χ0v) is 13.4. The summed E-state index contributed by atoms with van der Waals surface area (Å²) in [7, 11) is 4.01. The second kappa shape index (κ2) is 5.83. The molecule has 0 fully saturated rings. The number of nitrogens with zero attached hydrogens (tertiary/aromatic N) is 3. The van der Waals surface area contributed by atoms with E-state index in [1.54, 1.807) is 6.92 Å². The first-order valence-corrected chi connectivity index (χ1v) is 6.67. The minimum atomic E-state index is -0.430. The zero-order valence-electron chi connectivity index (χ0n) is 11.8. The van der Waals surface area contributed by atoms with E-state index < -0.39 is 4.92 Å². The van der Waals surface area contributed by atoms with Crippen molar-refractivity contribution >= 4 is 27.4 Å². The van der Waals surface area contributed by atoms with Crippen LogP contribution in [0.5, 0.6) is 0 Å². The van der Waals surface area contributed by atoms with Crippen molar-refractivity contribution in [3.8, 4) is 0 Å². The van der Waals surface area contributed by atoms with E-state index in [-0.39, 0.29) is 11.2 Å². The minimum Gasteiger partial charge on any atom is -0.367 e. The number of anilines is 1. The number of likely N-dealkylation sites (N-methyl/N-ethyl adjacent to an activating group) is 1. The van der Waals surface area contributed by atoms with Crippen LogP contribution < -0.4 is 5.32 Å². The number of hydrogen-bond donors (Lipinski definition) is 1. The Morgan fingerprint density at radius 1 is 1.53 bits per heavy atom. The summed E-state index contributed by atoms with van der Waals surface area (Å²) in [5.74, 6) is 0.623. The van der Waals surface area contributed by atoms with Crippen molar-refractivity contribution in [1.29, 1.82) is 0 Å². The van der Waals surface area contributed by atoms with Gasteiger partial charge in [-0.1, -0.05) is 0 Å². The number of nitro groups is 1. The first-order chi connectivity index (χ1) is 8.66. The molecule has 0 saturated heterocycles. The summed E-state index contributed by atoms with van der Waals surface area (Å²) in [6.07, 6.45) is 1.28. The maximum atomic E-state index is 10.8. The van der Waals surface area contributed by atoms with Crippen LogP contribution in [0.3, 0.4) is 0 Å². The van der Waals surface area contributed by atoms with Crippen LogP contribution in [0.25, 0.3) is 0 Å². The molecule has 0 aromatic carbocycles. The Labute approximate surface area is 121 Å². The summed E-state index contributed by atoms with van der Waals surface area (Å²) in [6, 6.07) is 0. The van der Waals surface area contributed by atoms with Gasteiger partial charge in [-0.2, -0.15) is 0 Å². The highest BCUT2D eigenvalue weighted by Gasteiger charge is 2.22. The fourth-order valence-corrected chi connectivity index (χ4v) is 1.78. The van der Waals surface area contributed by atoms with E-state index in [1.165, 1.54) is 6.20 Å². The predicted molar refractivity (Wildman–Crippen MR) is 79.6 cm³/mol. The number of pyridine rings is 1. The third-order valence-corrected chi connectivity index (χ3v) is 4.30. The van der Waals surface area contributed by atoms with E-state index >= 15 is 0 Å². The van der Waals surface area contributed by atoms with Crippen LogP contribution in [0.1, 0.15) is 19.4 Å². The Kier molecular flexibility index (Phi) is 4.86. The summed E-state index contributed by atoms with van der Waals surface area (Å²) in [4.78, 5) is 16.6. The van der Waals surface area contributed by atoms with Crippen LogP contribution in [0, 0.1) is 17.0 Å². The summed E-state index contributed by atoms with van der Waals surface area (Å²) in [5, 5.41) is 14.0. The lowest BCUT2D eigenvalue weighted by atomic mass is 10.0. The molecule has 0 radical (unpaired) electrons. The first-order valence-electron chi connectivity index (χ1n) is 5.87. The van der Waals surface area contributed by atoms with E-state index in [2.05, 4.69) is 45.0 Å². The lowest BCUT2D eigenvalue weighted by Crippen LogP contribution is -2.44. The van der Waals surface area contributed by atoms with Gasteiger partial charge in [-0.05, 0) is 50.8 Å². The monoisotopic (exact) mass is 330 g/mol. The second-order valence-corrected chi connectivity index (χ2v) is 6.04. The summed E-state index contributed by atoms with van der Waals surface area (Å²) >= 11 is 3.36. The van der Waals surface area contributed by atoms with Gasteiger partial charge in [0.05, 0.1) is 9.40 Å². The molecule has 0 bridgehead atoms. The van der Waals surface area contributed by atoms with Gasteiger partial charge in [0.2, 0.25) is 0 Å². The predicted octanol–water partition coefficient (Wildman–Crippen LogP) is 2.81. The van der Waals surface area contributed by atoms with Crippen molar-refractivity contribution in [2.45, 2.75) is 26.3 Å². The molecule has 0 saturated carbocycles. The largest absolute Gasteiger partial charge is 0.367 e. The molecule has 0 spiro atoms. The number of aromatic nitrogens is 1. The van der Waals surface area contributed by atoms with Crippen molar-refractivity contribution < 1.29 is 4.92 Å². The Hall–Kier alpha value is -1.21. The average Bonchev–Trinajstić information content (AvgIpc) is 2.30. The van der Waals surface area contributed by atoms with E-state index in [4.69, 9.17) is 0 Å². The van der Waals surface area contributed by atoms with E-state index in [1.807, 2.05) is 14.1 Å². The van der Waals surface area contributed by atoms with Crippen LogP contribution in [-0.2, 0) is 0 Å². The summed E-state index contributed by atoms with van der Waals surface area (Å²) < 4.78 is 0.635. The maximum absolute atomic E-state index is 10.8. The highest BCUT2D eigenvalue weighted by atomic mass is 79.9. The molecule has 0 amide bonds. The second-order valence-electron chi connectivity index (χ2n) is 5.25. The Morgan fingerprint density at radius 3 is 2.58 bits per heavy atom. The summed E-state index contributed by atoms with van der Waals surface area (Å²) in [5.41, 5.74) is 0.547. The average molecular weight is 331 g/mol. The van der Waals surface area contributed by atoms with Crippen molar-refractivity contribution in [3.63, 3.8) is 0 Å².